The van der Waals surface area contributed by atoms with Crippen LogP contribution in [0.25, 0.3) is 5.69 Å². The number of hydrogen-bond acceptors (Lipinski definition) is 6. The fraction of sp³-hybridized carbons (Fsp3) is 0.269. The highest BCUT2D eigenvalue weighted by Crippen LogP contribution is 2.27. The lowest BCUT2D eigenvalue weighted by Crippen LogP contribution is -2.33. The average Bonchev–Trinajstić information content (AvgIpc) is 2.97. The Morgan fingerprint density at radius 3 is 2.63 bits per heavy atom. The van der Waals surface area contributed by atoms with E-state index in [1.807, 2.05) is 66.0 Å². The van der Waals surface area contributed by atoms with Gasteiger partial charge < -0.3 is 20.4 Å². The Morgan fingerprint density at radius 1 is 1.03 bits per heavy atom. The summed E-state index contributed by atoms with van der Waals surface area (Å²) >= 11 is 0. The van der Waals surface area contributed by atoms with E-state index >= 15 is 0 Å². The number of aromatic amines is 1. The van der Waals surface area contributed by atoms with Crippen LogP contribution in [0.2, 0.25) is 0 Å². The Kier molecular flexibility index (Phi) is 6.49. The number of hydrogen-bond donors (Lipinski definition) is 3. The van der Waals surface area contributed by atoms with Crippen molar-refractivity contribution < 1.29 is 4.79 Å². The molecule has 0 saturated heterocycles. The van der Waals surface area contributed by atoms with E-state index in [0.29, 0.717) is 30.4 Å². The van der Waals surface area contributed by atoms with Gasteiger partial charge in [-0.2, -0.15) is 4.98 Å². The molecule has 1 aliphatic rings. The van der Waals surface area contributed by atoms with E-state index in [-0.39, 0.29) is 5.91 Å². The van der Waals surface area contributed by atoms with E-state index in [4.69, 9.17) is 0 Å². The van der Waals surface area contributed by atoms with Crippen molar-refractivity contribution in [2.45, 2.75) is 20.0 Å². The van der Waals surface area contributed by atoms with Gasteiger partial charge in [-0.15, -0.1) is 0 Å². The van der Waals surface area contributed by atoms with Crippen LogP contribution in [-0.4, -0.2) is 52.3 Å². The number of nitrogens with one attached hydrogen (secondary N) is 3. The maximum Gasteiger partial charge on any atom is 0.263 e. The number of likely N-dealkylation sites (N-methyl/N-ethyl adjacent to an activating group) is 1. The van der Waals surface area contributed by atoms with Gasteiger partial charge in [0.25, 0.3) is 5.91 Å². The molecular weight excluding hydrogens is 440 g/mol. The zero-order valence-electron chi connectivity index (χ0n) is 20.0. The smallest absolute Gasteiger partial charge is 0.263 e. The maximum absolute atomic E-state index is 13.5. The standard InChI is InChI=1S/C26H30N8O/c1-3-28-26-29-17-23-24(30-26)32(2)12-13-33(25(23)35)21-10-7-11-22(14-21)34-18-20(31-34)16-27-15-19-8-5-4-6-9-19/h4-11,14,17-18,27,31H,3,12-13,15-16H2,1-2H3,(H,28,29,30). The summed E-state index contributed by atoms with van der Waals surface area (Å²) < 4.78 is 1.97. The van der Waals surface area contributed by atoms with Crippen LogP contribution in [0.5, 0.6) is 0 Å². The molecule has 1 aliphatic heterocycles. The Balaban J connectivity index is 1.29. The van der Waals surface area contributed by atoms with Crippen molar-refractivity contribution in [2.75, 3.05) is 41.8 Å². The van der Waals surface area contributed by atoms with Crippen LogP contribution < -0.4 is 20.4 Å². The van der Waals surface area contributed by atoms with Gasteiger partial charge in [0.05, 0.1) is 11.4 Å². The third-order valence-corrected chi connectivity index (χ3v) is 6.06. The Bertz CT molecular complexity index is 1280. The van der Waals surface area contributed by atoms with Gasteiger partial charge in [-0.1, -0.05) is 36.4 Å². The molecule has 4 aromatic rings. The van der Waals surface area contributed by atoms with Crippen molar-refractivity contribution in [1.82, 2.24) is 25.1 Å². The molecule has 35 heavy (non-hydrogen) atoms. The second-order valence-corrected chi connectivity index (χ2v) is 8.58. The van der Waals surface area contributed by atoms with Crippen molar-refractivity contribution in [1.29, 1.82) is 0 Å². The molecule has 2 aromatic carbocycles. The van der Waals surface area contributed by atoms with Gasteiger partial charge in [-0.3, -0.25) is 14.6 Å². The molecule has 0 unspecified atom stereocenters. The molecule has 0 saturated carbocycles. The third kappa shape index (κ3) is 4.90. The maximum atomic E-state index is 13.5. The highest BCUT2D eigenvalue weighted by atomic mass is 16.2. The zero-order chi connectivity index (χ0) is 24.2. The summed E-state index contributed by atoms with van der Waals surface area (Å²) in [5.74, 6) is 1.09. The third-order valence-electron chi connectivity index (χ3n) is 6.06. The van der Waals surface area contributed by atoms with Crippen LogP contribution in [0, 0.1) is 0 Å². The van der Waals surface area contributed by atoms with Crippen molar-refractivity contribution in [3.8, 4) is 5.69 Å². The number of fused-ring (bicyclic) bond motifs is 1. The van der Waals surface area contributed by atoms with E-state index in [0.717, 1.165) is 36.7 Å². The fourth-order valence-electron chi connectivity index (χ4n) is 4.19. The minimum atomic E-state index is -0.0949. The predicted molar refractivity (Wildman–Crippen MR) is 138 cm³/mol. The predicted octanol–water partition coefficient (Wildman–Crippen LogP) is 3.41. The molecule has 9 nitrogen and oxygen atoms in total. The number of H-pyrrole nitrogens is 1. The van der Waals surface area contributed by atoms with Crippen LogP contribution in [-0.2, 0) is 13.1 Å². The fourth-order valence-corrected chi connectivity index (χ4v) is 4.19. The lowest BCUT2D eigenvalue weighted by Gasteiger charge is -2.23. The number of aromatic nitrogens is 4. The number of benzene rings is 2. The van der Waals surface area contributed by atoms with Gasteiger partial charge in [0, 0.05) is 57.9 Å². The summed E-state index contributed by atoms with van der Waals surface area (Å²) in [6.45, 7) is 5.52. The molecular formula is C26H30N8O. The quantitative estimate of drug-likeness (QED) is 0.365. The molecule has 3 heterocycles. The second-order valence-electron chi connectivity index (χ2n) is 8.58. The van der Waals surface area contributed by atoms with Crippen LogP contribution in [0.4, 0.5) is 17.5 Å². The molecule has 0 atom stereocenters. The molecule has 1 amide bonds. The lowest BCUT2D eigenvalue weighted by molar-refractivity contribution is 0.0989. The molecule has 0 aliphatic carbocycles. The summed E-state index contributed by atoms with van der Waals surface area (Å²) in [5, 5.41) is 9.93. The number of rotatable bonds is 8. The van der Waals surface area contributed by atoms with Crippen molar-refractivity contribution in [2.24, 2.45) is 0 Å². The van der Waals surface area contributed by atoms with Gasteiger partial charge >= 0.3 is 0 Å². The number of amides is 1. The highest BCUT2D eigenvalue weighted by molar-refractivity contribution is 6.09. The van der Waals surface area contributed by atoms with E-state index in [2.05, 4.69) is 44.0 Å². The number of carbonyl (C=O) groups is 1. The summed E-state index contributed by atoms with van der Waals surface area (Å²) in [7, 11) is 1.96. The van der Waals surface area contributed by atoms with E-state index in [1.165, 1.54) is 5.56 Å². The number of nitrogens with zero attached hydrogens (tertiary/aromatic N) is 5. The van der Waals surface area contributed by atoms with Crippen LogP contribution in [0.1, 0.15) is 28.5 Å². The second kappa shape index (κ2) is 10.0. The van der Waals surface area contributed by atoms with E-state index < -0.39 is 0 Å². The molecule has 0 spiro atoms. The zero-order valence-corrected chi connectivity index (χ0v) is 20.0. The van der Waals surface area contributed by atoms with Crippen molar-refractivity contribution in [3.63, 3.8) is 0 Å². The molecule has 0 bridgehead atoms. The number of carbonyl (C=O) groups excluding carboxylic acids is 1. The van der Waals surface area contributed by atoms with Gasteiger partial charge in [-0.25, -0.2) is 4.98 Å². The van der Waals surface area contributed by atoms with Crippen molar-refractivity contribution >= 4 is 23.4 Å². The number of anilines is 3. The van der Waals surface area contributed by atoms with Gasteiger partial charge in [-0.05, 0) is 30.7 Å². The molecule has 9 heteroatoms. The largest absolute Gasteiger partial charge is 0.357 e. The monoisotopic (exact) mass is 470 g/mol. The topological polar surface area (TPSA) is 94.1 Å². The Morgan fingerprint density at radius 2 is 1.83 bits per heavy atom. The minimum Gasteiger partial charge on any atom is -0.357 e. The molecule has 180 valence electrons. The highest BCUT2D eigenvalue weighted by Gasteiger charge is 2.28. The first-order valence-corrected chi connectivity index (χ1v) is 11.9. The minimum absolute atomic E-state index is 0.0949. The van der Waals surface area contributed by atoms with Crippen molar-refractivity contribution in [3.05, 3.63) is 83.8 Å². The Hall–Kier alpha value is -4.11. The molecule has 2 aromatic heterocycles. The summed E-state index contributed by atoms with van der Waals surface area (Å²) in [6, 6.07) is 18.3. The van der Waals surface area contributed by atoms with Gasteiger partial charge in [0.2, 0.25) is 5.95 Å². The first-order chi connectivity index (χ1) is 17.1. The molecule has 3 N–H and O–H groups in total. The normalized spacial score (nSPS) is 13.6. The Labute approximate surface area is 204 Å². The average molecular weight is 471 g/mol. The van der Waals surface area contributed by atoms with Crippen LogP contribution >= 0.6 is 0 Å². The molecule has 0 radical (unpaired) electrons. The summed E-state index contributed by atoms with van der Waals surface area (Å²) in [6.07, 6.45) is 3.69. The first kappa shape index (κ1) is 22.7. The molecule has 0 fully saturated rings. The lowest BCUT2D eigenvalue weighted by atomic mass is 10.2. The molecule has 5 rings (SSSR count). The van der Waals surface area contributed by atoms with Crippen LogP contribution in [0.3, 0.4) is 0 Å². The van der Waals surface area contributed by atoms with Crippen LogP contribution in [0.15, 0.2) is 67.0 Å². The SMILES string of the molecule is CCNc1ncc2c(n1)N(C)CCN(c1cccc(-n3cc(CNCc4ccccc4)[nH]3)c1)C2=O. The summed E-state index contributed by atoms with van der Waals surface area (Å²) in [4.78, 5) is 26.2. The van der Waals surface area contributed by atoms with Gasteiger partial charge in [0.1, 0.15) is 11.4 Å². The van der Waals surface area contributed by atoms with Gasteiger partial charge in [0.15, 0.2) is 0 Å². The van der Waals surface area contributed by atoms with E-state index in [1.54, 1.807) is 11.1 Å². The van der Waals surface area contributed by atoms with E-state index in [9.17, 15) is 4.79 Å². The summed E-state index contributed by atoms with van der Waals surface area (Å²) in [5.41, 5.74) is 4.69. The first-order valence-electron chi connectivity index (χ1n) is 11.9.